The lowest BCUT2D eigenvalue weighted by Crippen LogP contribution is -2.37. The van der Waals surface area contributed by atoms with Gasteiger partial charge in [0.05, 0.1) is 18.4 Å². The Morgan fingerprint density at radius 2 is 1.88 bits per heavy atom. The van der Waals surface area contributed by atoms with Crippen LogP contribution >= 0.6 is 0 Å². The molecule has 1 aliphatic rings. The highest BCUT2D eigenvalue weighted by Gasteiger charge is 2.31. The Labute approximate surface area is 200 Å². The lowest BCUT2D eigenvalue weighted by Gasteiger charge is -2.27. The van der Waals surface area contributed by atoms with Crippen molar-refractivity contribution in [3.63, 3.8) is 0 Å². The summed E-state index contributed by atoms with van der Waals surface area (Å²) in [7, 11) is 0. The maximum Gasteiger partial charge on any atom is 0.165 e. The molecule has 0 bridgehead atoms. The van der Waals surface area contributed by atoms with E-state index in [0.29, 0.717) is 19.4 Å². The van der Waals surface area contributed by atoms with E-state index < -0.39 is 11.4 Å². The number of hydrogen-bond acceptors (Lipinski definition) is 5. The number of nitrogens with zero attached hydrogens (tertiary/aromatic N) is 3. The summed E-state index contributed by atoms with van der Waals surface area (Å²) in [6.45, 7) is 6.14. The molecule has 1 aliphatic heterocycles. The summed E-state index contributed by atoms with van der Waals surface area (Å²) in [6, 6.07) is 14.6. The molecule has 1 N–H and O–H groups in total. The van der Waals surface area contributed by atoms with Crippen LogP contribution in [0.15, 0.2) is 60.9 Å². The third kappa shape index (κ3) is 7.05. The molecule has 1 saturated heterocycles. The van der Waals surface area contributed by atoms with Crippen molar-refractivity contribution in [2.24, 2.45) is 0 Å². The number of rotatable bonds is 10. The smallest absolute Gasteiger partial charge is 0.165 e. The maximum atomic E-state index is 13.8. The second kappa shape index (κ2) is 11.5. The number of aryl methyl sites for hydroxylation is 2. The monoisotopic (exact) mass is 467 g/mol. The van der Waals surface area contributed by atoms with Crippen LogP contribution in [0.2, 0.25) is 0 Å². The first kappa shape index (κ1) is 24.2. The van der Waals surface area contributed by atoms with Gasteiger partial charge in [-0.25, -0.2) is 4.39 Å². The molecule has 3 aromatic rings. The van der Waals surface area contributed by atoms with E-state index in [1.807, 2.05) is 36.1 Å². The van der Waals surface area contributed by atoms with Crippen molar-refractivity contribution in [2.75, 3.05) is 26.3 Å². The molecule has 0 amide bonds. The van der Waals surface area contributed by atoms with E-state index in [9.17, 15) is 9.50 Å². The van der Waals surface area contributed by atoms with Crippen molar-refractivity contribution in [1.82, 2.24) is 14.7 Å². The van der Waals surface area contributed by atoms with Crippen LogP contribution in [0.5, 0.6) is 11.5 Å². The molecule has 1 atom stereocenters. The van der Waals surface area contributed by atoms with Crippen LogP contribution in [-0.4, -0.2) is 51.7 Å². The molecule has 0 radical (unpaired) electrons. The number of hydrogen-bond donors (Lipinski definition) is 1. The average Bonchev–Trinajstić information content (AvgIpc) is 3.16. The van der Waals surface area contributed by atoms with E-state index in [-0.39, 0.29) is 12.4 Å². The van der Waals surface area contributed by atoms with Crippen molar-refractivity contribution in [3.05, 3.63) is 77.9 Å². The molecule has 0 aliphatic carbocycles. The van der Waals surface area contributed by atoms with Crippen molar-refractivity contribution in [2.45, 2.75) is 51.3 Å². The third-order valence-corrected chi connectivity index (χ3v) is 6.24. The zero-order valence-corrected chi connectivity index (χ0v) is 19.8. The van der Waals surface area contributed by atoms with Gasteiger partial charge in [0.2, 0.25) is 0 Å². The van der Waals surface area contributed by atoms with Crippen molar-refractivity contribution in [3.8, 4) is 11.5 Å². The van der Waals surface area contributed by atoms with Crippen LogP contribution in [0, 0.1) is 12.7 Å². The highest BCUT2D eigenvalue weighted by Crippen LogP contribution is 2.26. The van der Waals surface area contributed by atoms with Gasteiger partial charge < -0.3 is 14.6 Å². The summed E-state index contributed by atoms with van der Waals surface area (Å²) in [6.07, 6.45) is 6.91. The quantitative estimate of drug-likeness (QED) is 0.442. The van der Waals surface area contributed by atoms with E-state index in [4.69, 9.17) is 9.47 Å². The van der Waals surface area contributed by atoms with Gasteiger partial charge in [0.25, 0.3) is 0 Å². The fourth-order valence-electron chi connectivity index (χ4n) is 4.27. The molecule has 2 aromatic carbocycles. The Morgan fingerprint density at radius 1 is 1.06 bits per heavy atom. The molecule has 0 unspecified atom stereocenters. The van der Waals surface area contributed by atoms with E-state index in [1.54, 1.807) is 18.2 Å². The minimum absolute atomic E-state index is 0.105. The molecule has 182 valence electrons. The van der Waals surface area contributed by atoms with Gasteiger partial charge in [0.1, 0.15) is 12.4 Å². The Bertz CT molecular complexity index is 1040. The fraction of sp³-hybridized carbons (Fsp3) is 0.444. The summed E-state index contributed by atoms with van der Waals surface area (Å²) < 4.78 is 27.2. The molecular weight excluding hydrogens is 433 g/mol. The number of ether oxygens (including phenoxy) is 2. The highest BCUT2D eigenvalue weighted by molar-refractivity contribution is 5.27. The number of likely N-dealkylation sites (tertiary alicyclic amines) is 1. The summed E-state index contributed by atoms with van der Waals surface area (Å²) in [5, 5.41) is 15.3. The molecule has 6 nitrogen and oxygen atoms in total. The van der Waals surface area contributed by atoms with E-state index in [2.05, 4.69) is 22.1 Å². The maximum absolute atomic E-state index is 13.8. The average molecular weight is 468 g/mol. The third-order valence-electron chi connectivity index (χ3n) is 6.24. The fourth-order valence-corrected chi connectivity index (χ4v) is 4.27. The zero-order valence-electron chi connectivity index (χ0n) is 19.8. The summed E-state index contributed by atoms with van der Waals surface area (Å²) in [5.74, 6) is 0.661. The van der Waals surface area contributed by atoms with Crippen LogP contribution in [-0.2, 0) is 13.1 Å². The van der Waals surface area contributed by atoms with Crippen molar-refractivity contribution in [1.29, 1.82) is 0 Å². The molecule has 1 fully saturated rings. The van der Waals surface area contributed by atoms with Crippen LogP contribution in [0.1, 0.15) is 36.8 Å². The van der Waals surface area contributed by atoms with Gasteiger partial charge in [-0.3, -0.25) is 9.58 Å². The van der Waals surface area contributed by atoms with Crippen molar-refractivity contribution >= 4 is 0 Å². The second-order valence-corrected chi connectivity index (χ2v) is 9.20. The molecule has 2 heterocycles. The summed E-state index contributed by atoms with van der Waals surface area (Å²) in [4.78, 5) is 2.35. The normalized spacial score (nSPS) is 19.0. The predicted octanol–water partition coefficient (Wildman–Crippen LogP) is 4.60. The molecule has 0 spiro atoms. The van der Waals surface area contributed by atoms with Gasteiger partial charge in [-0.1, -0.05) is 24.3 Å². The largest absolute Gasteiger partial charge is 0.494 e. The number of aliphatic hydroxyl groups is 1. The van der Waals surface area contributed by atoms with Crippen LogP contribution in [0.4, 0.5) is 4.39 Å². The molecule has 1 aromatic heterocycles. The molecule has 0 saturated carbocycles. The summed E-state index contributed by atoms with van der Waals surface area (Å²) in [5.41, 5.74) is 1.44. The van der Waals surface area contributed by atoms with Gasteiger partial charge in [-0.2, -0.15) is 5.10 Å². The van der Waals surface area contributed by atoms with Crippen LogP contribution < -0.4 is 9.47 Å². The van der Waals surface area contributed by atoms with Gasteiger partial charge in [0.15, 0.2) is 11.6 Å². The topological polar surface area (TPSA) is 59.8 Å². The van der Waals surface area contributed by atoms with Gasteiger partial charge >= 0.3 is 0 Å². The Hall–Kier alpha value is -2.90. The van der Waals surface area contributed by atoms with Gasteiger partial charge in [-0.05, 0) is 68.1 Å². The van der Waals surface area contributed by atoms with E-state index in [0.717, 1.165) is 44.8 Å². The van der Waals surface area contributed by atoms with Crippen molar-refractivity contribution < 1.29 is 19.0 Å². The van der Waals surface area contributed by atoms with E-state index >= 15 is 0 Å². The minimum atomic E-state index is -0.941. The lowest BCUT2D eigenvalue weighted by atomic mass is 9.96. The molecule has 4 rings (SSSR count). The van der Waals surface area contributed by atoms with E-state index in [1.165, 1.54) is 17.2 Å². The number of aromatic nitrogens is 2. The Balaban J connectivity index is 1.19. The van der Waals surface area contributed by atoms with Crippen LogP contribution in [0.25, 0.3) is 0 Å². The molecular formula is C27H34FN3O3. The molecule has 34 heavy (non-hydrogen) atoms. The van der Waals surface area contributed by atoms with Gasteiger partial charge in [-0.15, -0.1) is 0 Å². The van der Waals surface area contributed by atoms with Gasteiger partial charge in [0, 0.05) is 32.3 Å². The van der Waals surface area contributed by atoms with Crippen LogP contribution in [0.3, 0.4) is 0 Å². The first-order chi connectivity index (χ1) is 16.5. The molecule has 7 heteroatoms. The number of halogens is 1. The second-order valence-electron chi connectivity index (χ2n) is 9.20. The standard InChI is InChI=1S/C27H34FN3O3/c1-22-18-29-31(19-22)15-5-17-33-24-10-8-23(9-11-24)20-30-14-4-12-27(32,13-16-30)21-34-26-7-3-2-6-25(26)28/h2-3,6-11,18-19,32H,4-5,12-17,20-21H2,1H3/t27-/m1/s1. The first-order valence-electron chi connectivity index (χ1n) is 12.0. The predicted molar refractivity (Wildman–Crippen MR) is 129 cm³/mol. The Morgan fingerprint density at radius 3 is 2.65 bits per heavy atom. The lowest BCUT2D eigenvalue weighted by molar-refractivity contribution is -0.0177. The number of benzene rings is 2. The SMILES string of the molecule is Cc1cnn(CCCOc2ccc(CN3CCC[C@](O)(COc4ccccc4F)CC3)cc2)c1. The minimum Gasteiger partial charge on any atom is -0.494 e. The highest BCUT2D eigenvalue weighted by atomic mass is 19.1. The zero-order chi connectivity index (χ0) is 23.8. The first-order valence-corrected chi connectivity index (χ1v) is 12.0. The number of para-hydroxylation sites is 1. The Kier molecular flexibility index (Phi) is 8.19. The summed E-state index contributed by atoms with van der Waals surface area (Å²) >= 11 is 0.